The molecule has 0 spiro atoms. The van der Waals surface area contributed by atoms with Crippen molar-refractivity contribution in [2.24, 2.45) is 0 Å². The number of imidazole rings is 1. The van der Waals surface area contributed by atoms with E-state index in [-0.39, 0.29) is 5.91 Å². The van der Waals surface area contributed by atoms with Gasteiger partial charge in [-0.3, -0.25) is 13.5 Å². The fourth-order valence-electron chi connectivity index (χ4n) is 3.35. The molecule has 0 radical (unpaired) electrons. The molecule has 0 bridgehead atoms. The fraction of sp³-hybridized carbons (Fsp3) is 0.273. The van der Waals surface area contributed by atoms with Gasteiger partial charge in [0.2, 0.25) is 12.2 Å². The number of pyridine rings is 1. The van der Waals surface area contributed by atoms with Crippen LogP contribution >= 0.6 is 11.9 Å². The van der Waals surface area contributed by atoms with E-state index in [0.29, 0.717) is 17.2 Å². The number of benzene rings is 1. The van der Waals surface area contributed by atoms with E-state index in [4.69, 9.17) is 4.52 Å². The zero-order valence-electron chi connectivity index (χ0n) is 17.5. The highest BCUT2D eigenvalue weighted by Gasteiger charge is 2.14. The zero-order valence-corrected chi connectivity index (χ0v) is 18.3. The molecule has 1 aliphatic rings. The van der Waals surface area contributed by atoms with E-state index < -0.39 is 0 Å². The lowest BCUT2D eigenvalue weighted by Crippen LogP contribution is -2.15. The van der Waals surface area contributed by atoms with Crippen LogP contribution in [0.15, 0.2) is 59.7 Å². The number of anilines is 1. The van der Waals surface area contributed by atoms with E-state index in [1.165, 1.54) is 32.3 Å². The van der Waals surface area contributed by atoms with Crippen molar-refractivity contribution in [1.29, 1.82) is 0 Å². The van der Waals surface area contributed by atoms with Crippen LogP contribution in [0.4, 0.5) is 5.69 Å². The number of fused-ring (bicyclic) bond motifs is 1. The number of amides is 1. The van der Waals surface area contributed by atoms with E-state index in [1.54, 1.807) is 16.8 Å². The third kappa shape index (κ3) is 4.95. The van der Waals surface area contributed by atoms with E-state index in [1.807, 2.05) is 55.3 Å². The molecule has 0 atom stereocenters. The van der Waals surface area contributed by atoms with E-state index in [0.717, 1.165) is 16.8 Å². The highest BCUT2D eigenvalue weighted by atomic mass is 32.2. The van der Waals surface area contributed by atoms with Crippen LogP contribution < -0.4 is 5.32 Å². The van der Waals surface area contributed by atoms with Crippen molar-refractivity contribution in [2.75, 3.05) is 24.7 Å². The molecule has 9 heteroatoms. The number of carbonyl (C=O) groups is 1. The molecular weight excluding hydrogens is 412 g/mol. The van der Waals surface area contributed by atoms with Gasteiger partial charge in [0.05, 0.1) is 6.20 Å². The van der Waals surface area contributed by atoms with Gasteiger partial charge in [0.1, 0.15) is 11.3 Å². The Morgan fingerprint density at radius 2 is 2.00 bits per heavy atom. The van der Waals surface area contributed by atoms with Crippen LogP contribution in [0.1, 0.15) is 28.9 Å². The number of hydrogen-bond donors (Lipinski definition) is 1. The highest BCUT2D eigenvalue weighted by molar-refractivity contribution is 7.96. The summed E-state index contributed by atoms with van der Waals surface area (Å²) in [5, 5.41) is 6.74. The number of nitrogens with zero attached hydrogens (tertiary/aromatic N) is 5. The zero-order chi connectivity index (χ0) is 21.6. The molecular formula is C22H24N6O2S. The fourth-order valence-corrected chi connectivity index (χ4v) is 3.97. The van der Waals surface area contributed by atoms with Crippen LogP contribution in [-0.2, 0) is 0 Å². The molecule has 1 aliphatic heterocycles. The minimum Gasteiger partial charge on any atom is -0.342 e. The second-order valence-corrected chi connectivity index (χ2v) is 8.01. The summed E-state index contributed by atoms with van der Waals surface area (Å²) in [6, 6.07) is 11.2. The molecule has 1 aromatic carbocycles. The molecule has 1 saturated heterocycles. The Morgan fingerprint density at radius 1 is 1.16 bits per heavy atom. The number of aryl methyl sites for hydroxylation is 1. The second-order valence-electron chi connectivity index (χ2n) is 7.13. The topological polar surface area (TPSA) is 88.6 Å². The normalized spacial score (nSPS) is 13.7. The molecule has 0 saturated carbocycles. The highest BCUT2D eigenvalue weighted by Crippen LogP contribution is 2.23. The van der Waals surface area contributed by atoms with Gasteiger partial charge in [-0.15, -0.1) is 0 Å². The van der Waals surface area contributed by atoms with E-state index in [2.05, 4.69) is 31.0 Å². The molecule has 3 aromatic heterocycles. The number of carbonyl (C=O) groups excluding carboxylic acids is 1. The molecule has 160 valence electrons. The average molecular weight is 437 g/mol. The standard InChI is InChI=1S/C17H13N5O2.C5H11NS/c1-11-5-6-12(16-19-10-24-21-16)8-13(11)20-17(23)14-9-18-15-4-2-3-7-22(14)15;1-7-6-4-2-3-5-6/h2-10H,1H3,(H,20,23);2-5H2,1H3. The number of aromatic nitrogens is 4. The van der Waals surface area contributed by atoms with Crippen LogP contribution in [0.3, 0.4) is 0 Å². The first-order valence-electron chi connectivity index (χ1n) is 10.1. The average Bonchev–Trinajstić information content (AvgIpc) is 3.57. The third-order valence-corrected chi connectivity index (χ3v) is 5.96. The van der Waals surface area contributed by atoms with Gasteiger partial charge in [-0.05, 0) is 49.8 Å². The first kappa shape index (κ1) is 21.1. The van der Waals surface area contributed by atoms with Crippen LogP contribution in [0.2, 0.25) is 0 Å². The minimum absolute atomic E-state index is 0.234. The van der Waals surface area contributed by atoms with Crippen LogP contribution in [0, 0.1) is 6.92 Å². The molecule has 5 rings (SSSR count). The van der Waals surface area contributed by atoms with Crippen molar-refractivity contribution in [3.8, 4) is 11.4 Å². The summed E-state index contributed by atoms with van der Waals surface area (Å²) in [4.78, 5) is 20.9. The van der Waals surface area contributed by atoms with Crippen molar-refractivity contribution in [3.05, 3.63) is 66.4 Å². The van der Waals surface area contributed by atoms with Crippen molar-refractivity contribution in [2.45, 2.75) is 19.8 Å². The maximum atomic E-state index is 12.6. The lowest BCUT2D eigenvalue weighted by Gasteiger charge is -2.09. The summed E-state index contributed by atoms with van der Waals surface area (Å²) in [5.74, 6) is 0.238. The summed E-state index contributed by atoms with van der Waals surface area (Å²) >= 11 is 1.87. The van der Waals surface area contributed by atoms with Crippen LogP contribution in [0.25, 0.3) is 17.0 Å². The predicted molar refractivity (Wildman–Crippen MR) is 122 cm³/mol. The Morgan fingerprint density at radius 3 is 2.71 bits per heavy atom. The first-order chi connectivity index (χ1) is 15.2. The van der Waals surface area contributed by atoms with Gasteiger partial charge in [-0.25, -0.2) is 4.98 Å². The van der Waals surface area contributed by atoms with Gasteiger partial charge in [0, 0.05) is 30.5 Å². The Bertz CT molecular complexity index is 1150. The van der Waals surface area contributed by atoms with Crippen molar-refractivity contribution >= 4 is 29.2 Å². The quantitative estimate of drug-likeness (QED) is 0.477. The van der Waals surface area contributed by atoms with E-state index >= 15 is 0 Å². The van der Waals surface area contributed by atoms with Crippen molar-refractivity contribution in [1.82, 2.24) is 23.8 Å². The summed E-state index contributed by atoms with van der Waals surface area (Å²) in [6.07, 6.45) is 9.59. The Labute approximate surface area is 184 Å². The molecule has 1 amide bonds. The Kier molecular flexibility index (Phi) is 6.63. The van der Waals surface area contributed by atoms with Crippen LogP contribution in [-0.4, -0.2) is 49.1 Å². The van der Waals surface area contributed by atoms with Gasteiger partial charge in [-0.2, -0.15) is 4.98 Å². The Hall–Kier alpha value is -3.17. The largest absolute Gasteiger partial charge is 0.342 e. The molecule has 1 N–H and O–H groups in total. The molecule has 8 nitrogen and oxygen atoms in total. The summed E-state index contributed by atoms with van der Waals surface area (Å²) in [5.41, 5.74) is 3.58. The predicted octanol–water partition coefficient (Wildman–Crippen LogP) is 4.31. The smallest absolute Gasteiger partial charge is 0.274 e. The molecule has 0 unspecified atom stereocenters. The number of hydrogen-bond acceptors (Lipinski definition) is 7. The van der Waals surface area contributed by atoms with Gasteiger partial charge >= 0.3 is 0 Å². The summed E-state index contributed by atoms with van der Waals surface area (Å²) in [6.45, 7) is 4.53. The lowest BCUT2D eigenvalue weighted by molar-refractivity contribution is 0.102. The van der Waals surface area contributed by atoms with Gasteiger partial charge < -0.3 is 9.84 Å². The van der Waals surface area contributed by atoms with Crippen molar-refractivity contribution in [3.63, 3.8) is 0 Å². The second kappa shape index (κ2) is 9.76. The Balaban J connectivity index is 0.000000282. The summed E-state index contributed by atoms with van der Waals surface area (Å²) in [7, 11) is 0. The third-order valence-electron chi connectivity index (χ3n) is 5.08. The number of nitrogens with one attached hydrogen (secondary N) is 1. The monoisotopic (exact) mass is 436 g/mol. The maximum Gasteiger partial charge on any atom is 0.274 e. The van der Waals surface area contributed by atoms with E-state index in [9.17, 15) is 4.79 Å². The number of rotatable bonds is 4. The first-order valence-corrected chi connectivity index (χ1v) is 11.2. The maximum absolute atomic E-state index is 12.6. The van der Waals surface area contributed by atoms with Crippen molar-refractivity contribution < 1.29 is 9.32 Å². The molecule has 0 aliphatic carbocycles. The molecule has 4 heterocycles. The molecule has 1 fully saturated rings. The van der Waals surface area contributed by atoms with Gasteiger partial charge in [0.25, 0.3) is 5.91 Å². The lowest BCUT2D eigenvalue weighted by atomic mass is 10.1. The SMILES string of the molecule is CSN1CCCC1.Cc1ccc(-c2ncon2)cc1NC(=O)c1cnc2ccccn12. The summed E-state index contributed by atoms with van der Waals surface area (Å²) < 4.78 is 8.91. The molecule has 31 heavy (non-hydrogen) atoms. The van der Waals surface area contributed by atoms with Crippen LogP contribution in [0.5, 0.6) is 0 Å². The van der Waals surface area contributed by atoms with Gasteiger partial charge in [-0.1, -0.05) is 35.3 Å². The minimum atomic E-state index is -0.234. The van der Waals surface area contributed by atoms with Gasteiger partial charge in [0.15, 0.2) is 0 Å². The molecule has 4 aromatic rings.